The van der Waals surface area contributed by atoms with Gasteiger partial charge in [0.15, 0.2) is 0 Å². The van der Waals surface area contributed by atoms with Crippen LogP contribution in [0.1, 0.15) is 43.7 Å². The Morgan fingerprint density at radius 2 is 1.89 bits per heavy atom. The Kier molecular flexibility index (Phi) is 4.82. The molecule has 0 aliphatic carbocycles. The first-order chi connectivity index (χ1) is 8.34. The Bertz CT molecular complexity index is 399. The number of carboxylic acid groups (broad SMARTS) is 1. The summed E-state index contributed by atoms with van der Waals surface area (Å²) in [6, 6.07) is 6.97. The van der Waals surface area contributed by atoms with Gasteiger partial charge in [-0.05, 0) is 23.5 Å². The molecule has 1 unspecified atom stereocenters. The van der Waals surface area contributed by atoms with Crippen LogP contribution in [0.2, 0.25) is 0 Å². The standard InChI is InChI=1S/C14H18F2O2/c1-3-10(2)12-6-4-11(5-7-12)8-14(15,16)9-13(17)18/h4-7,10H,3,8-9H2,1-2H3,(H,17,18). The molecule has 18 heavy (non-hydrogen) atoms. The molecule has 0 bridgehead atoms. The highest BCUT2D eigenvalue weighted by atomic mass is 19.3. The lowest BCUT2D eigenvalue weighted by atomic mass is 9.96. The Labute approximate surface area is 106 Å². The van der Waals surface area contributed by atoms with Gasteiger partial charge in [0.1, 0.15) is 6.42 Å². The van der Waals surface area contributed by atoms with Gasteiger partial charge in [-0.15, -0.1) is 0 Å². The first-order valence-electron chi connectivity index (χ1n) is 6.02. The van der Waals surface area contributed by atoms with Crippen molar-refractivity contribution in [3.63, 3.8) is 0 Å². The monoisotopic (exact) mass is 256 g/mol. The van der Waals surface area contributed by atoms with Gasteiger partial charge in [0.25, 0.3) is 5.92 Å². The lowest BCUT2D eigenvalue weighted by Crippen LogP contribution is -2.23. The zero-order valence-corrected chi connectivity index (χ0v) is 10.6. The molecule has 1 aromatic carbocycles. The van der Waals surface area contributed by atoms with Crippen molar-refractivity contribution < 1.29 is 18.7 Å². The number of aliphatic carboxylic acids is 1. The van der Waals surface area contributed by atoms with Crippen molar-refractivity contribution in [1.29, 1.82) is 0 Å². The molecule has 4 heteroatoms. The van der Waals surface area contributed by atoms with Gasteiger partial charge < -0.3 is 5.11 Å². The molecule has 1 N–H and O–H groups in total. The van der Waals surface area contributed by atoms with Crippen LogP contribution >= 0.6 is 0 Å². The van der Waals surface area contributed by atoms with Crippen molar-refractivity contribution in [2.75, 3.05) is 0 Å². The minimum atomic E-state index is -3.19. The van der Waals surface area contributed by atoms with Gasteiger partial charge in [-0.1, -0.05) is 38.1 Å². The van der Waals surface area contributed by atoms with Crippen molar-refractivity contribution in [1.82, 2.24) is 0 Å². The van der Waals surface area contributed by atoms with E-state index in [1.165, 1.54) is 0 Å². The van der Waals surface area contributed by atoms with Crippen molar-refractivity contribution in [2.45, 2.75) is 45.0 Å². The molecular formula is C14H18F2O2. The molecule has 0 radical (unpaired) electrons. The van der Waals surface area contributed by atoms with E-state index >= 15 is 0 Å². The number of halogens is 2. The largest absolute Gasteiger partial charge is 0.481 e. The van der Waals surface area contributed by atoms with E-state index in [-0.39, 0.29) is 0 Å². The predicted molar refractivity (Wildman–Crippen MR) is 66.1 cm³/mol. The number of alkyl halides is 2. The molecule has 2 nitrogen and oxygen atoms in total. The summed E-state index contributed by atoms with van der Waals surface area (Å²) < 4.78 is 26.6. The van der Waals surface area contributed by atoms with Gasteiger partial charge in [-0.3, -0.25) is 4.79 Å². The summed E-state index contributed by atoms with van der Waals surface area (Å²) in [7, 11) is 0. The Balaban J connectivity index is 2.71. The van der Waals surface area contributed by atoms with Gasteiger partial charge in [-0.2, -0.15) is 0 Å². The summed E-state index contributed by atoms with van der Waals surface area (Å²) in [5.41, 5.74) is 1.58. The topological polar surface area (TPSA) is 37.3 Å². The van der Waals surface area contributed by atoms with Crippen LogP contribution < -0.4 is 0 Å². The zero-order chi connectivity index (χ0) is 13.8. The maximum atomic E-state index is 13.3. The first kappa shape index (κ1) is 14.6. The summed E-state index contributed by atoms with van der Waals surface area (Å²) in [4.78, 5) is 10.3. The third kappa shape index (κ3) is 4.43. The van der Waals surface area contributed by atoms with E-state index in [1.54, 1.807) is 12.1 Å². The lowest BCUT2D eigenvalue weighted by molar-refractivity contribution is -0.144. The average molecular weight is 256 g/mol. The van der Waals surface area contributed by atoms with Crippen LogP contribution in [0.25, 0.3) is 0 Å². The molecule has 0 aliphatic heterocycles. The van der Waals surface area contributed by atoms with Gasteiger partial charge in [0.05, 0.1) is 0 Å². The van der Waals surface area contributed by atoms with Crippen LogP contribution in [0.15, 0.2) is 24.3 Å². The van der Waals surface area contributed by atoms with Crippen LogP contribution in [0.5, 0.6) is 0 Å². The third-order valence-electron chi connectivity index (χ3n) is 3.03. The fourth-order valence-electron chi connectivity index (χ4n) is 1.78. The van der Waals surface area contributed by atoms with Crippen LogP contribution in [-0.2, 0) is 11.2 Å². The van der Waals surface area contributed by atoms with Crippen LogP contribution in [0, 0.1) is 0 Å². The molecule has 0 spiro atoms. The van der Waals surface area contributed by atoms with E-state index in [2.05, 4.69) is 13.8 Å². The first-order valence-corrected chi connectivity index (χ1v) is 6.02. The van der Waals surface area contributed by atoms with E-state index in [0.29, 0.717) is 11.5 Å². The molecule has 0 aromatic heterocycles. The number of rotatable bonds is 6. The van der Waals surface area contributed by atoms with Crippen molar-refractivity contribution in [3.8, 4) is 0 Å². The minimum Gasteiger partial charge on any atom is -0.481 e. The van der Waals surface area contributed by atoms with Gasteiger partial charge in [0.2, 0.25) is 0 Å². The van der Waals surface area contributed by atoms with Crippen molar-refractivity contribution in [3.05, 3.63) is 35.4 Å². The van der Waals surface area contributed by atoms with E-state index < -0.39 is 24.7 Å². The highest BCUT2D eigenvalue weighted by molar-refractivity contribution is 5.67. The molecule has 0 aliphatic rings. The van der Waals surface area contributed by atoms with E-state index in [1.807, 2.05) is 12.1 Å². The second kappa shape index (κ2) is 5.94. The fourth-order valence-corrected chi connectivity index (χ4v) is 1.78. The maximum Gasteiger partial charge on any atom is 0.309 e. The number of carbonyl (C=O) groups is 1. The normalized spacial score (nSPS) is 13.3. The predicted octanol–water partition coefficient (Wildman–Crippen LogP) is 3.85. The zero-order valence-electron chi connectivity index (χ0n) is 10.6. The molecule has 1 rings (SSSR count). The average Bonchev–Trinajstić information content (AvgIpc) is 2.26. The smallest absolute Gasteiger partial charge is 0.309 e. The molecule has 100 valence electrons. The third-order valence-corrected chi connectivity index (χ3v) is 3.03. The highest BCUT2D eigenvalue weighted by Gasteiger charge is 2.32. The van der Waals surface area contributed by atoms with Crippen molar-refractivity contribution in [2.24, 2.45) is 0 Å². The van der Waals surface area contributed by atoms with Crippen LogP contribution in [0.3, 0.4) is 0 Å². The lowest BCUT2D eigenvalue weighted by Gasteiger charge is -2.15. The van der Waals surface area contributed by atoms with Gasteiger partial charge >= 0.3 is 5.97 Å². The van der Waals surface area contributed by atoms with E-state index in [0.717, 1.165) is 12.0 Å². The second-order valence-corrected chi connectivity index (χ2v) is 4.65. The summed E-state index contributed by atoms with van der Waals surface area (Å²) in [6.07, 6.45) is -0.658. The SMILES string of the molecule is CCC(C)c1ccc(CC(F)(F)CC(=O)O)cc1. The van der Waals surface area contributed by atoms with Crippen LogP contribution in [0.4, 0.5) is 8.78 Å². The minimum absolute atomic E-state index is 0.401. The molecule has 1 atom stereocenters. The number of hydrogen-bond donors (Lipinski definition) is 1. The fraction of sp³-hybridized carbons (Fsp3) is 0.500. The van der Waals surface area contributed by atoms with Crippen molar-refractivity contribution >= 4 is 5.97 Å². The summed E-state index contributed by atoms with van der Waals surface area (Å²) in [6.45, 7) is 4.15. The molecule has 0 fully saturated rings. The molecule has 0 amide bonds. The summed E-state index contributed by atoms with van der Waals surface area (Å²) >= 11 is 0. The Morgan fingerprint density at radius 3 is 2.33 bits per heavy atom. The van der Waals surface area contributed by atoms with Gasteiger partial charge in [0, 0.05) is 6.42 Å². The number of hydrogen-bond acceptors (Lipinski definition) is 1. The Hall–Kier alpha value is -1.45. The Morgan fingerprint density at radius 1 is 1.33 bits per heavy atom. The van der Waals surface area contributed by atoms with Gasteiger partial charge in [-0.25, -0.2) is 8.78 Å². The number of carboxylic acids is 1. The van der Waals surface area contributed by atoms with E-state index in [4.69, 9.17) is 5.11 Å². The molecule has 0 heterocycles. The molecular weight excluding hydrogens is 238 g/mol. The summed E-state index contributed by atoms with van der Waals surface area (Å²) in [5, 5.41) is 8.40. The molecule has 0 saturated carbocycles. The number of benzene rings is 1. The molecule has 0 saturated heterocycles. The highest BCUT2D eigenvalue weighted by Crippen LogP contribution is 2.25. The maximum absolute atomic E-state index is 13.3. The quantitative estimate of drug-likeness (QED) is 0.839. The van der Waals surface area contributed by atoms with E-state index in [9.17, 15) is 13.6 Å². The second-order valence-electron chi connectivity index (χ2n) is 4.65. The summed E-state index contributed by atoms with van der Waals surface area (Å²) in [5.74, 6) is -4.27. The molecule has 1 aromatic rings. The van der Waals surface area contributed by atoms with Crippen LogP contribution in [-0.4, -0.2) is 17.0 Å².